The van der Waals surface area contributed by atoms with Crippen LogP contribution in [0.4, 0.5) is 5.69 Å². The smallest absolute Gasteiger partial charge is 0.248 e. The topological polar surface area (TPSA) is 74.2 Å². The number of aromatic nitrogens is 2. The second kappa shape index (κ2) is 5.55. The van der Waals surface area contributed by atoms with Gasteiger partial charge in [-0.3, -0.25) is 0 Å². The molecule has 0 saturated heterocycles. The molecule has 0 fully saturated rings. The van der Waals surface area contributed by atoms with Crippen LogP contribution in [-0.2, 0) is 0 Å². The number of nitrogen functional groups attached to an aromatic ring is 1. The standard InChI is InChI=1S/C17H12BrN3O2/c18-13-3-6-15-11(8-13)7-12(9-22-15)17-21-20-16(23-17)10-1-4-14(19)5-2-10/h1-8H,9,19H2. The lowest BCUT2D eigenvalue weighted by Crippen LogP contribution is -2.06. The molecule has 0 atom stereocenters. The largest absolute Gasteiger partial charge is 0.488 e. The molecule has 0 aliphatic carbocycles. The Balaban J connectivity index is 1.68. The molecular formula is C17H12BrN3O2. The van der Waals surface area contributed by atoms with Crippen molar-refractivity contribution in [3.8, 4) is 17.2 Å². The molecule has 0 spiro atoms. The first kappa shape index (κ1) is 14.0. The Labute approximate surface area is 140 Å². The number of ether oxygens (including phenoxy) is 1. The fourth-order valence-corrected chi connectivity index (χ4v) is 2.75. The maximum Gasteiger partial charge on any atom is 0.248 e. The second-order valence-corrected chi connectivity index (χ2v) is 6.09. The van der Waals surface area contributed by atoms with E-state index in [-0.39, 0.29) is 0 Å². The van der Waals surface area contributed by atoms with Crippen molar-refractivity contribution < 1.29 is 9.15 Å². The van der Waals surface area contributed by atoms with Crippen molar-refractivity contribution in [2.45, 2.75) is 0 Å². The highest BCUT2D eigenvalue weighted by molar-refractivity contribution is 9.10. The fourth-order valence-electron chi connectivity index (χ4n) is 2.37. The summed E-state index contributed by atoms with van der Waals surface area (Å²) in [6.45, 7) is 0.401. The van der Waals surface area contributed by atoms with E-state index < -0.39 is 0 Å². The molecule has 2 N–H and O–H groups in total. The van der Waals surface area contributed by atoms with E-state index in [1.807, 2.05) is 36.4 Å². The Morgan fingerprint density at radius 2 is 1.78 bits per heavy atom. The van der Waals surface area contributed by atoms with Crippen molar-refractivity contribution >= 4 is 33.3 Å². The van der Waals surface area contributed by atoms with E-state index in [2.05, 4.69) is 26.1 Å². The molecule has 0 unspecified atom stereocenters. The minimum atomic E-state index is 0.401. The summed E-state index contributed by atoms with van der Waals surface area (Å²) in [5.74, 6) is 1.76. The molecular weight excluding hydrogens is 358 g/mol. The first-order valence-electron chi connectivity index (χ1n) is 7.02. The third-order valence-electron chi connectivity index (χ3n) is 3.54. The number of hydrogen-bond acceptors (Lipinski definition) is 5. The number of benzene rings is 2. The zero-order valence-electron chi connectivity index (χ0n) is 12.0. The summed E-state index contributed by atoms with van der Waals surface area (Å²) < 4.78 is 12.5. The molecule has 2 aromatic carbocycles. The molecule has 5 nitrogen and oxygen atoms in total. The first-order chi connectivity index (χ1) is 11.2. The van der Waals surface area contributed by atoms with Gasteiger partial charge < -0.3 is 14.9 Å². The highest BCUT2D eigenvalue weighted by Gasteiger charge is 2.18. The predicted octanol–water partition coefficient (Wildman–Crippen LogP) is 4.01. The van der Waals surface area contributed by atoms with E-state index in [9.17, 15) is 0 Å². The molecule has 23 heavy (non-hydrogen) atoms. The van der Waals surface area contributed by atoms with E-state index >= 15 is 0 Å². The molecule has 1 aliphatic heterocycles. The minimum absolute atomic E-state index is 0.401. The van der Waals surface area contributed by atoms with Gasteiger partial charge in [-0.1, -0.05) is 15.9 Å². The van der Waals surface area contributed by atoms with Gasteiger partial charge in [0.1, 0.15) is 12.4 Å². The van der Waals surface area contributed by atoms with Crippen LogP contribution in [0.1, 0.15) is 11.5 Å². The number of hydrogen-bond donors (Lipinski definition) is 1. The predicted molar refractivity (Wildman–Crippen MR) is 91.7 cm³/mol. The highest BCUT2D eigenvalue weighted by Crippen LogP contribution is 2.32. The van der Waals surface area contributed by atoms with E-state index in [0.29, 0.717) is 24.1 Å². The fraction of sp³-hybridized carbons (Fsp3) is 0.0588. The van der Waals surface area contributed by atoms with Crippen LogP contribution in [-0.4, -0.2) is 16.8 Å². The number of halogens is 1. The summed E-state index contributed by atoms with van der Waals surface area (Å²) >= 11 is 3.46. The van der Waals surface area contributed by atoms with E-state index in [1.54, 1.807) is 12.1 Å². The van der Waals surface area contributed by atoms with Crippen LogP contribution in [0, 0.1) is 0 Å². The normalized spacial score (nSPS) is 13.2. The lowest BCUT2D eigenvalue weighted by molar-refractivity contribution is 0.361. The zero-order valence-corrected chi connectivity index (χ0v) is 13.6. The van der Waals surface area contributed by atoms with Crippen LogP contribution in [0.15, 0.2) is 51.4 Å². The molecule has 4 rings (SSSR count). The summed E-state index contributed by atoms with van der Waals surface area (Å²) in [7, 11) is 0. The van der Waals surface area contributed by atoms with Crippen molar-refractivity contribution in [2.24, 2.45) is 0 Å². The Bertz CT molecular complexity index is 900. The number of rotatable bonds is 2. The van der Waals surface area contributed by atoms with Crippen LogP contribution in [0.25, 0.3) is 23.1 Å². The van der Waals surface area contributed by atoms with Crippen LogP contribution in [0.5, 0.6) is 5.75 Å². The van der Waals surface area contributed by atoms with Gasteiger partial charge in [0.05, 0.1) is 5.57 Å². The van der Waals surface area contributed by atoms with E-state index in [0.717, 1.165) is 26.9 Å². The summed E-state index contributed by atoms with van der Waals surface area (Å²) in [4.78, 5) is 0. The SMILES string of the molecule is Nc1ccc(-c2nnc(C3=Cc4cc(Br)ccc4OC3)o2)cc1. The van der Waals surface area contributed by atoms with E-state index in [1.165, 1.54) is 0 Å². The first-order valence-corrected chi connectivity index (χ1v) is 7.81. The van der Waals surface area contributed by atoms with Crippen LogP contribution in [0.2, 0.25) is 0 Å². The van der Waals surface area contributed by atoms with Gasteiger partial charge in [0.2, 0.25) is 11.8 Å². The Morgan fingerprint density at radius 1 is 1.00 bits per heavy atom. The van der Waals surface area contributed by atoms with Crippen LogP contribution in [0.3, 0.4) is 0 Å². The van der Waals surface area contributed by atoms with Crippen LogP contribution >= 0.6 is 15.9 Å². The van der Waals surface area contributed by atoms with Crippen molar-refractivity contribution in [1.29, 1.82) is 0 Å². The minimum Gasteiger partial charge on any atom is -0.488 e. The van der Waals surface area contributed by atoms with Crippen LogP contribution < -0.4 is 10.5 Å². The van der Waals surface area contributed by atoms with Crippen molar-refractivity contribution in [3.63, 3.8) is 0 Å². The summed E-state index contributed by atoms with van der Waals surface area (Å²) in [5, 5.41) is 8.23. The molecule has 0 bridgehead atoms. The molecule has 0 saturated carbocycles. The third-order valence-corrected chi connectivity index (χ3v) is 4.04. The molecule has 114 valence electrons. The molecule has 1 aliphatic rings. The van der Waals surface area contributed by atoms with Gasteiger partial charge in [-0.05, 0) is 48.5 Å². The second-order valence-electron chi connectivity index (χ2n) is 5.17. The van der Waals surface area contributed by atoms with Crippen molar-refractivity contribution in [1.82, 2.24) is 10.2 Å². The monoisotopic (exact) mass is 369 g/mol. The summed E-state index contributed by atoms with van der Waals surface area (Å²) in [6, 6.07) is 13.2. The van der Waals surface area contributed by atoms with E-state index in [4.69, 9.17) is 14.9 Å². The summed E-state index contributed by atoms with van der Waals surface area (Å²) in [5.41, 5.74) is 9.04. The summed E-state index contributed by atoms with van der Waals surface area (Å²) in [6.07, 6.45) is 2.00. The number of anilines is 1. The zero-order chi connectivity index (χ0) is 15.8. The Morgan fingerprint density at radius 3 is 2.61 bits per heavy atom. The van der Waals surface area contributed by atoms with Crippen molar-refractivity contribution in [3.05, 3.63) is 58.4 Å². The average Bonchev–Trinajstić information content (AvgIpc) is 3.05. The Hall–Kier alpha value is -2.60. The highest BCUT2D eigenvalue weighted by atomic mass is 79.9. The van der Waals surface area contributed by atoms with Gasteiger partial charge in [0.15, 0.2) is 0 Å². The van der Waals surface area contributed by atoms with Gasteiger partial charge in [-0.25, -0.2) is 0 Å². The quantitative estimate of drug-likeness (QED) is 0.690. The maximum atomic E-state index is 5.77. The molecule has 3 aromatic rings. The van der Waals surface area contributed by atoms with Gasteiger partial charge >= 0.3 is 0 Å². The number of fused-ring (bicyclic) bond motifs is 1. The number of nitrogens with zero attached hydrogens (tertiary/aromatic N) is 2. The lowest BCUT2D eigenvalue weighted by Gasteiger charge is -2.16. The lowest BCUT2D eigenvalue weighted by atomic mass is 10.1. The molecule has 2 heterocycles. The Kier molecular flexibility index (Phi) is 3.38. The average molecular weight is 370 g/mol. The van der Waals surface area contributed by atoms with Gasteiger partial charge in [-0.2, -0.15) is 0 Å². The van der Waals surface area contributed by atoms with Crippen molar-refractivity contribution in [2.75, 3.05) is 12.3 Å². The third kappa shape index (κ3) is 2.73. The number of nitrogens with two attached hydrogens (primary N) is 1. The molecule has 1 aromatic heterocycles. The molecule has 0 amide bonds. The molecule has 6 heteroatoms. The molecule has 0 radical (unpaired) electrons. The van der Waals surface area contributed by atoms with Gasteiger partial charge in [-0.15, -0.1) is 10.2 Å². The van der Waals surface area contributed by atoms with Gasteiger partial charge in [0.25, 0.3) is 0 Å². The maximum absolute atomic E-state index is 5.77. The van der Waals surface area contributed by atoms with Gasteiger partial charge in [0, 0.05) is 21.3 Å².